The van der Waals surface area contributed by atoms with Gasteiger partial charge in [0.25, 0.3) is 0 Å². The summed E-state index contributed by atoms with van der Waals surface area (Å²) in [6.45, 7) is 1.95. The Morgan fingerprint density at radius 2 is 1.22 bits per heavy atom. The number of rotatable bonds is 15. The van der Waals surface area contributed by atoms with Gasteiger partial charge in [0.2, 0.25) is 12.0 Å². The van der Waals surface area contributed by atoms with E-state index in [1.54, 1.807) is 24.3 Å². The molecule has 8 unspecified atom stereocenters. The summed E-state index contributed by atoms with van der Waals surface area (Å²) in [5.41, 5.74) is 1.10. The molecule has 15 atom stereocenters. The lowest BCUT2D eigenvalue weighted by atomic mass is 9.97. The van der Waals surface area contributed by atoms with Gasteiger partial charge in [-0.25, -0.2) is 4.79 Å². The third-order valence-electron chi connectivity index (χ3n) is 9.96. The molecule has 5 rings (SSSR count). The summed E-state index contributed by atoms with van der Waals surface area (Å²) in [6, 6.07) is 7.65. The number of aliphatic hydroxyl groups excluding tert-OH is 8. The van der Waals surface area contributed by atoms with Crippen molar-refractivity contribution >= 4 is 18.1 Å². The SMILES string of the molecule is COc1cc(/C=C/C(=O)OC/C=C/c2cc(OC)c(O[C@@H]3OC(CO)[C@@H](O)[C@H](O)C3OC3OC(C)C(O)C(O)C3OC3O[C@H](C)[C@@H](O)[C@H](O)[C@@H]3O)c(OC)c2)ccc1O. The number of esters is 1. The number of carbonyl (C=O) groups is 1. The van der Waals surface area contributed by atoms with Gasteiger partial charge in [-0.1, -0.05) is 12.1 Å². The van der Waals surface area contributed by atoms with Gasteiger partial charge in [-0.05, 0) is 61.4 Å². The van der Waals surface area contributed by atoms with E-state index in [0.29, 0.717) is 11.1 Å². The molecule has 3 heterocycles. The quantitative estimate of drug-likeness (QED) is 0.0734. The second kappa shape index (κ2) is 20.4. The van der Waals surface area contributed by atoms with Crippen LogP contribution in [0.25, 0.3) is 12.2 Å². The zero-order chi connectivity index (χ0) is 43.1. The number of hydrogen-bond donors (Lipinski definition) is 9. The lowest BCUT2D eigenvalue weighted by Gasteiger charge is -2.48. The number of benzene rings is 2. The van der Waals surface area contributed by atoms with Crippen molar-refractivity contribution in [1.82, 2.24) is 0 Å². The van der Waals surface area contributed by atoms with Crippen LogP contribution in [0, 0.1) is 0 Å². The van der Waals surface area contributed by atoms with Crippen molar-refractivity contribution in [3.05, 3.63) is 53.6 Å². The molecule has 3 saturated heterocycles. The summed E-state index contributed by atoms with van der Waals surface area (Å²) in [5, 5.41) is 94.8. The summed E-state index contributed by atoms with van der Waals surface area (Å²) in [5.74, 6) is -0.348. The number of ether oxygens (including phenoxy) is 10. The van der Waals surface area contributed by atoms with E-state index in [-0.39, 0.29) is 35.4 Å². The van der Waals surface area contributed by atoms with Crippen LogP contribution in [0.5, 0.6) is 28.7 Å². The lowest BCUT2D eigenvalue weighted by molar-refractivity contribution is -0.385. The topological polar surface area (TPSA) is 291 Å². The number of carbonyl (C=O) groups excluding carboxylic acids is 1. The first-order chi connectivity index (χ1) is 28.1. The van der Waals surface area contributed by atoms with Crippen LogP contribution < -0.4 is 18.9 Å². The fourth-order valence-electron chi connectivity index (χ4n) is 6.54. The fraction of sp³-hybridized carbons (Fsp3) is 0.564. The van der Waals surface area contributed by atoms with E-state index in [1.807, 2.05) is 0 Å². The van der Waals surface area contributed by atoms with Crippen LogP contribution in [0.3, 0.4) is 0 Å². The van der Waals surface area contributed by atoms with Crippen molar-refractivity contribution in [2.45, 2.75) is 106 Å². The highest BCUT2D eigenvalue weighted by Crippen LogP contribution is 2.42. The second-order valence-corrected chi connectivity index (χ2v) is 13.9. The Morgan fingerprint density at radius 1 is 0.661 bits per heavy atom. The minimum atomic E-state index is -1.84. The van der Waals surface area contributed by atoms with Crippen molar-refractivity contribution in [2.75, 3.05) is 34.5 Å². The van der Waals surface area contributed by atoms with Gasteiger partial charge in [-0.3, -0.25) is 0 Å². The fourth-order valence-corrected chi connectivity index (χ4v) is 6.54. The predicted molar refractivity (Wildman–Crippen MR) is 200 cm³/mol. The first kappa shape index (κ1) is 45.9. The molecule has 20 nitrogen and oxygen atoms in total. The number of phenolic OH excluding ortho intramolecular Hbond substituents is 1. The second-order valence-electron chi connectivity index (χ2n) is 13.9. The monoisotopic (exact) mass is 840 g/mol. The van der Waals surface area contributed by atoms with Crippen molar-refractivity contribution in [3.63, 3.8) is 0 Å². The van der Waals surface area contributed by atoms with E-state index in [4.69, 9.17) is 47.4 Å². The first-order valence-corrected chi connectivity index (χ1v) is 18.6. The summed E-state index contributed by atoms with van der Waals surface area (Å²) >= 11 is 0. The van der Waals surface area contributed by atoms with Crippen molar-refractivity contribution < 1.29 is 98.1 Å². The minimum absolute atomic E-state index is 0.0441. The average Bonchev–Trinajstić information content (AvgIpc) is 3.23. The van der Waals surface area contributed by atoms with Crippen molar-refractivity contribution in [3.8, 4) is 28.7 Å². The number of methoxy groups -OCH3 is 3. The van der Waals surface area contributed by atoms with Gasteiger partial charge < -0.3 is 93.3 Å². The first-order valence-electron chi connectivity index (χ1n) is 18.6. The molecule has 3 aliphatic heterocycles. The standard InChI is InChI=1S/C39H52O20/c1-17-27(43)30(46)33(49)37(54-17)58-35-31(47)28(44)18(2)55-38(35)59-36-32(48)29(45)25(16-40)56-39(36)57-34-23(51-4)14-20(15-24(34)52-5)7-6-12-53-26(42)11-9-19-8-10-21(41)22(13-19)50-3/h6-11,13-15,17-18,25,27-33,35-41,43-49H,12,16H2,1-5H3/b7-6+,11-9+/t17-,18?,25?,27-,28?,29-,30+,31?,32+,33+,35?,36?,37?,38?,39+/m1/s1. The molecule has 0 amide bonds. The zero-order valence-corrected chi connectivity index (χ0v) is 32.8. The smallest absolute Gasteiger partial charge is 0.331 e. The molecule has 3 fully saturated rings. The summed E-state index contributed by atoms with van der Waals surface area (Å²) < 4.78 is 56.7. The molecule has 0 bridgehead atoms. The maximum absolute atomic E-state index is 12.3. The average molecular weight is 841 g/mol. The van der Waals surface area contributed by atoms with E-state index in [2.05, 4.69) is 0 Å². The molecule has 9 N–H and O–H groups in total. The molecule has 2 aromatic carbocycles. The Morgan fingerprint density at radius 3 is 1.85 bits per heavy atom. The third-order valence-corrected chi connectivity index (χ3v) is 9.96. The molecule has 0 spiro atoms. The maximum atomic E-state index is 12.3. The highest BCUT2D eigenvalue weighted by atomic mass is 16.8. The van der Waals surface area contributed by atoms with Gasteiger partial charge in [-0.15, -0.1) is 0 Å². The summed E-state index contributed by atoms with van der Waals surface area (Å²) in [7, 11) is 4.08. The van der Waals surface area contributed by atoms with Crippen LogP contribution in [-0.2, 0) is 33.2 Å². The van der Waals surface area contributed by atoms with Crippen molar-refractivity contribution in [1.29, 1.82) is 0 Å². The van der Waals surface area contributed by atoms with Crippen LogP contribution >= 0.6 is 0 Å². The van der Waals surface area contributed by atoms with Crippen LogP contribution in [-0.4, -0.2) is 179 Å². The molecule has 59 heavy (non-hydrogen) atoms. The van der Waals surface area contributed by atoms with E-state index in [0.717, 1.165) is 0 Å². The number of aliphatic hydroxyl groups is 8. The Kier molecular flexibility index (Phi) is 15.9. The molecule has 3 aliphatic rings. The van der Waals surface area contributed by atoms with Gasteiger partial charge in [0.15, 0.2) is 41.7 Å². The molecule has 0 saturated carbocycles. The van der Waals surface area contributed by atoms with Crippen LogP contribution in [0.1, 0.15) is 25.0 Å². The van der Waals surface area contributed by atoms with Crippen LogP contribution in [0.15, 0.2) is 42.5 Å². The normalized spacial score (nSPS) is 35.1. The van der Waals surface area contributed by atoms with Gasteiger partial charge in [0.1, 0.15) is 61.5 Å². The molecule has 328 valence electrons. The molecule has 20 heteroatoms. The Bertz CT molecular complexity index is 1730. The highest BCUT2D eigenvalue weighted by Gasteiger charge is 2.54. The Balaban J connectivity index is 1.34. The molecule has 0 aliphatic carbocycles. The molecule has 0 radical (unpaired) electrons. The Labute approximate surface area is 338 Å². The zero-order valence-electron chi connectivity index (χ0n) is 32.8. The van der Waals surface area contributed by atoms with Gasteiger partial charge >= 0.3 is 5.97 Å². The molecular weight excluding hydrogens is 788 g/mol. The van der Waals surface area contributed by atoms with Crippen molar-refractivity contribution in [2.24, 2.45) is 0 Å². The number of aromatic hydroxyl groups is 1. The van der Waals surface area contributed by atoms with Crippen LogP contribution in [0.4, 0.5) is 0 Å². The number of phenols is 1. The van der Waals surface area contributed by atoms with Gasteiger partial charge in [0, 0.05) is 6.08 Å². The van der Waals surface area contributed by atoms with E-state index in [1.165, 1.54) is 65.5 Å². The lowest BCUT2D eigenvalue weighted by Crippen LogP contribution is -2.66. The van der Waals surface area contributed by atoms with Crippen LogP contribution in [0.2, 0.25) is 0 Å². The number of hydrogen-bond acceptors (Lipinski definition) is 20. The molecule has 2 aromatic rings. The maximum Gasteiger partial charge on any atom is 0.331 e. The van der Waals surface area contributed by atoms with Gasteiger partial charge in [0.05, 0.1) is 40.1 Å². The largest absolute Gasteiger partial charge is 0.504 e. The Hall–Kier alpha value is -4.13. The van der Waals surface area contributed by atoms with E-state index < -0.39 is 105 Å². The van der Waals surface area contributed by atoms with Gasteiger partial charge in [-0.2, -0.15) is 0 Å². The minimum Gasteiger partial charge on any atom is -0.504 e. The molecule has 0 aromatic heterocycles. The highest BCUT2D eigenvalue weighted by molar-refractivity contribution is 5.87. The van der Waals surface area contributed by atoms with E-state index >= 15 is 0 Å². The summed E-state index contributed by atoms with van der Waals surface area (Å²) in [6.07, 6.45) is -17.9. The van der Waals surface area contributed by atoms with E-state index in [9.17, 15) is 50.8 Å². The third kappa shape index (κ3) is 10.6. The predicted octanol–water partition coefficient (Wildman–Crippen LogP) is -1.43. The molecular formula is C39H52O20. The summed E-state index contributed by atoms with van der Waals surface area (Å²) in [4.78, 5) is 12.3.